The van der Waals surface area contributed by atoms with E-state index in [1.807, 2.05) is 51.1 Å². The fourth-order valence-corrected chi connectivity index (χ4v) is 7.39. The van der Waals surface area contributed by atoms with Crippen molar-refractivity contribution in [3.05, 3.63) is 73.2 Å². The lowest BCUT2D eigenvalue weighted by Gasteiger charge is -2.45. The highest BCUT2D eigenvalue weighted by atomic mass is 32.2. The van der Waals surface area contributed by atoms with Crippen LogP contribution in [0.5, 0.6) is 5.75 Å². The summed E-state index contributed by atoms with van der Waals surface area (Å²) in [4.78, 5) is 42.1. The van der Waals surface area contributed by atoms with Crippen molar-refractivity contribution in [2.45, 2.75) is 40.2 Å². The molecule has 0 N–H and O–H groups in total. The molecule has 39 heavy (non-hydrogen) atoms. The van der Waals surface area contributed by atoms with Gasteiger partial charge in [-0.25, -0.2) is 9.59 Å². The van der Waals surface area contributed by atoms with Crippen LogP contribution < -0.4 is 9.64 Å². The van der Waals surface area contributed by atoms with E-state index in [9.17, 15) is 14.4 Å². The number of aryl methyl sites for hydroxylation is 1. The fourth-order valence-electron chi connectivity index (χ4n) is 4.40. The summed E-state index contributed by atoms with van der Waals surface area (Å²) in [7, 11) is 1.56. The van der Waals surface area contributed by atoms with Gasteiger partial charge in [0.1, 0.15) is 15.6 Å². The molecule has 0 aliphatic carbocycles. The number of anilines is 1. The van der Waals surface area contributed by atoms with Gasteiger partial charge in [0.2, 0.25) is 0 Å². The highest BCUT2D eigenvalue weighted by Gasteiger charge is 2.46. The molecule has 2 heterocycles. The van der Waals surface area contributed by atoms with E-state index in [-0.39, 0.29) is 28.9 Å². The molecule has 0 unspecified atom stereocenters. The van der Waals surface area contributed by atoms with Crippen molar-refractivity contribution >= 4 is 69.7 Å². The van der Waals surface area contributed by atoms with E-state index in [2.05, 4.69) is 0 Å². The largest absolute Gasteiger partial charge is 0.497 e. The molecule has 0 saturated heterocycles. The van der Waals surface area contributed by atoms with Crippen molar-refractivity contribution < 1.29 is 28.6 Å². The highest BCUT2D eigenvalue weighted by molar-refractivity contribution is 8.29. The van der Waals surface area contributed by atoms with Crippen LogP contribution in [0.3, 0.4) is 0 Å². The summed E-state index contributed by atoms with van der Waals surface area (Å²) in [5.74, 6) is -0.811. The Morgan fingerprint density at radius 1 is 0.949 bits per heavy atom. The third-order valence-corrected chi connectivity index (χ3v) is 9.51. The van der Waals surface area contributed by atoms with Gasteiger partial charge >= 0.3 is 11.9 Å². The zero-order valence-electron chi connectivity index (χ0n) is 22.6. The van der Waals surface area contributed by atoms with E-state index in [0.29, 0.717) is 37.2 Å². The SMILES string of the molecule is CCOC(=O)C1=C(C(=O)OCC)SC(=C2C(=S)C(C)(C)N(C(=O)c3cccc(C)c3)c3ccc(OC)cc32)S1. The number of carbonyl (C=O) groups is 3. The van der Waals surface area contributed by atoms with E-state index in [0.717, 1.165) is 29.1 Å². The van der Waals surface area contributed by atoms with Crippen molar-refractivity contribution in [1.82, 2.24) is 0 Å². The quantitative estimate of drug-likeness (QED) is 0.221. The summed E-state index contributed by atoms with van der Waals surface area (Å²) >= 11 is 8.33. The van der Waals surface area contributed by atoms with Crippen LogP contribution in [0.1, 0.15) is 49.2 Å². The third kappa shape index (κ3) is 5.37. The number of benzene rings is 2. The van der Waals surface area contributed by atoms with Crippen molar-refractivity contribution in [1.29, 1.82) is 0 Å². The molecule has 4 rings (SSSR count). The number of fused-ring (bicyclic) bond motifs is 1. The van der Waals surface area contributed by atoms with Gasteiger partial charge < -0.3 is 14.2 Å². The number of ether oxygens (including phenoxy) is 3. The molecule has 7 nitrogen and oxygen atoms in total. The number of carbonyl (C=O) groups excluding carboxylic acids is 3. The predicted octanol–water partition coefficient (Wildman–Crippen LogP) is 6.30. The van der Waals surface area contributed by atoms with Gasteiger partial charge in [-0.05, 0) is 65.0 Å². The Morgan fingerprint density at radius 2 is 1.56 bits per heavy atom. The minimum atomic E-state index is -0.919. The molecule has 0 bridgehead atoms. The summed E-state index contributed by atoms with van der Waals surface area (Å²) < 4.78 is 16.6. The predicted molar refractivity (Wildman–Crippen MR) is 160 cm³/mol. The number of nitrogens with zero attached hydrogens (tertiary/aromatic N) is 1. The summed E-state index contributed by atoms with van der Waals surface area (Å²) in [6.07, 6.45) is 0. The third-order valence-electron chi connectivity index (χ3n) is 6.25. The Hall–Kier alpha value is -3.08. The fraction of sp³-hybridized carbons (Fsp3) is 0.310. The molecule has 2 aliphatic heterocycles. The number of amides is 1. The molecular formula is C29H29NO6S3. The second-order valence-corrected chi connectivity index (χ2v) is 12.0. The maximum Gasteiger partial charge on any atom is 0.346 e. The van der Waals surface area contributed by atoms with Gasteiger partial charge in [0.05, 0.1) is 40.7 Å². The van der Waals surface area contributed by atoms with Gasteiger partial charge in [0, 0.05) is 16.7 Å². The zero-order valence-corrected chi connectivity index (χ0v) is 25.0. The number of thioether (sulfide) groups is 2. The molecule has 0 fully saturated rings. The van der Waals surface area contributed by atoms with Crippen LogP contribution in [-0.4, -0.2) is 48.6 Å². The topological polar surface area (TPSA) is 82.1 Å². The summed E-state index contributed by atoms with van der Waals surface area (Å²) in [5, 5.41) is 0. The molecule has 10 heteroatoms. The van der Waals surface area contributed by atoms with Gasteiger partial charge in [-0.15, -0.1) is 0 Å². The average Bonchev–Trinajstić information content (AvgIpc) is 3.34. The first-order valence-corrected chi connectivity index (χ1v) is 14.4. The molecule has 0 radical (unpaired) electrons. The maximum atomic E-state index is 14.0. The van der Waals surface area contributed by atoms with Crippen LogP contribution in [-0.2, 0) is 19.1 Å². The minimum Gasteiger partial charge on any atom is -0.497 e. The van der Waals surface area contributed by atoms with Crippen LogP contribution in [0.25, 0.3) is 5.57 Å². The molecule has 2 aromatic carbocycles. The van der Waals surface area contributed by atoms with E-state index in [1.165, 1.54) is 0 Å². The minimum absolute atomic E-state index is 0.158. The van der Waals surface area contributed by atoms with Crippen LogP contribution >= 0.6 is 35.7 Å². The Bertz CT molecular complexity index is 1410. The number of rotatable bonds is 6. The average molecular weight is 584 g/mol. The number of hydrogen-bond donors (Lipinski definition) is 0. The molecule has 204 valence electrons. The van der Waals surface area contributed by atoms with Crippen LogP contribution in [0.15, 0.2) is 56.5 Å². The number of methoxy groups -OCH3 is 1. The van der Waals surface area contributed by atoms with E-state index in [1.54, 1.807) is 38.0 Å². The van der Waals surface area contributed by atoms with E-state index < -0.39 is 17.5 Å². The molecular weight excluding hydrogens is 555 g/mol. The maximum absolute atomic E-state index is 14.0. The van der Waals surface area contributed by atoms with Gasteiger partial charge in [-0.1, -0.05) is 53.4 Å². The lowest BCUT2D eigenvalue weighted by atomic mass is 9.82. The van der Waals surface area contributed by atoms with Crippen LogP contribution in [0.4, 0.5) is 5.69 Å². The number of hydrogen-bond acceptors (Lipinski definition) is 9. The molecule has 0 atom stereocenters. The first-order valence-electron chi connectivity index (χ1n) is 12.4. The summed E-state index contributed by atoms with van der Waals surface area (Å²) in [5.41, 5.74) is 2.57. The second-order valence-electron chi connectivity index (χ2n) is 9.25. The number of thiocarbonyl (C=S) groups is 1. The number of esters is 2. The Morgan fingerprint density at radius 3 is 2.10 bits per heavy atom. The van der Waals surface area contributed by atoms with Gasteiger partial charge in [-0.3, -0.25) is 9.69 Å². The first kappa shape index (κ1) is 28.9. The Kier molecular flexibility index (Phi) is 8.58. The van der Waals surface area contributed by atoms with Gasteiger partial charge in [0.25, 0.3) is 5.91 Å². The van der Waals surface area contributed by atoms with Crippen molar-refractivity contribution in [2.24, 2.45) is 0 Å². The normalized spacial score (nSPS) is 16.3. The van der Waals surface area contributed by atoms with Crippen molar-refractivity contribution in [3.8, 4) is 5.75 Å². The van der Waals surface area contributed by atoms with Crippen molar-refractivity contribution in [3.63, 3.8) is 0 Å². The highest BCUT2D eigenvalue weighted by Crippen LogP contribution is 2.56. The van der Waals surface area contributed by atoms with Crippen molar-refractivity contribution in [2.75, 3.05) is 25.2 Å². The van der Waals surface area contributed by atoms with Crippen LogP contribution in [0.2, 0.25) is 0 Å². The second kappa shape index (κ2) is 11.6. The Labute approximate surface area is 241 Å². The molecule has 1 amide bonds. The lowest BCUT2D eigenvalue weighted by molar-refractivity contribution is -0.140. The smallest absolute Gasteiger partial charge is 0.346 e. The molecule has 2 aromatic rings. The summed E-state index contributed by atoms with van der Waals surface area (Å²) in [6.45, 7) is 9.47. The monoisotopic (exact) mass is 583 g/mol. The molecule has 0 saturated carbocycles. The summed E-state index contributed by atoms with van der Waals surface area (Å²) in [6, 6.07) is 12.9. The Balaban J connectivity index is 1.91. The van der Waals surface area contributed by atoms with Gasteiger partial charge in [0.15, 0.2) is 0 Å². The van der Waals surface area contributed by atoms with Gasteiger partial charge in [-0.2, -0.15) is 0 Å². The van der Waals surface area contributed by atoms with Crippen LogP contribution in [0, 0.1) is 6.92 Å². The van der Waals surface area contributed by atoms with E-state index >= 15 is 0 Å². The molecule has 0 aromatic heterocycles. The first-order chi connectivity index (χ1) is 18.5. The molecule has 2 aliphatic rings. The van der Waals surface area contributed by atoms with E-state index in [4.69, 9.17) is 26.4 Å². The zero-order chi connectivity index (χ0) is 28.5. The lowest BCUT2D eigenvalue weighted by Crippen LogP contribution is -2.56. The standard InChI is InChI=1S/C29H29NO6S3/c1-7-35-26(32)22-23(27(33)36-8-2)39-28(38-22)21-19-15-18(34-6)12-13-20(19)30(29(4,5)24(21)37)25(31)17-11-9-10-16(3)14-17/h9-15H,7-8H2,1-6H3. The molecule has 0 spiro atoms.